The van der Waals surface area contributed by atoms with Crippen molar-refractivity contribution in [2.45, 2.75) is 423 Å². The van der Waals surface area contributed by atoms with Crippen molar-refractivity contribution in [3.63, 3.8) is 0 Å². The molecule has 0 saturated carbocycles. The number of aliphatic hydroxyl groups excluding tert-OH is 5. The molecular formula is C69H137NO8. The minimum atomic E-state index is -1.55. The number of carbonyl (C=O) groups is 1. The maximum atomic E-state index is 13.1. The first-order valence-corrected chi connectivity index (χ1v) is 35.2. The van der Waals surface area contributed by atoms with E-state index in [1.807, 2.05) is 0 Å². The summed E-state index contributed by atoms with van der Waals surface area (Å²) in [5.41, 5.74) is 0. The van der Waals surface area contributed by atoms with Crippen molar-refractivity contribution in [1.29, 1.82) is 0 Å². The van der Waals surface area contributed by atoms with E-state index in [2.05, 4.69) is 19.2 Å². The summed E-state index contributed by atoms with van der Waals surface area (Å²) in [7, 11) is 0. The van der Waals surface area contributed by atoms with Crippen LogP contribution in [0.4, 0.5) is 0 Å². The molecule has 0 bridgehead atoms. The monoisotopic (exact) mass is 1110 g/mol. The molecule has 0 radical (unpaired) electrons. The Kier molecular flexibility index (Phi) is 57.2. The second-order valence-electron chi connectivity index (χ2n) is 25.0. The molecule has 0 aliphatic carbocycles. The highest BCUT2D eigenvalue weighted by Crippen LogP contribution is 2.24. The smallest absolute Gasteiger partial charge is 0.220 e. The average Bonchev–Trinajstić information content (AvgIpc) is 3.45. The van der Waals surface area contributed by atoms with Gasteiger partial charge in [0.05, 0.1) is 25.4 Å². The molecule has 1 aliphatic heterocycles. The molecule has 1 amide bonds. The molecule has 9 heteroatoms. The molecule has 1 aliphatic rings. The molecule has 1 saturated heterocycles. The lowest BCUT2D eigenvalue weighted by Crippen LogP contribution is -2.60. The molecule has 0 aromatic heterocycles. The highest BCUT2D eigenvalue weighted by Gasteiger charge is 2.44. The Hall–Kier alpha value is -0.810. The second-order valence-corrected chi connectivity index (χ2v) is 25.0. The van der Waals surface area contributed by atoms with Gasteiger partial charge in [0, 0.05) is 6.42 Å². The molecule has 0 aromatic carbocycles. The van der Waals surface area contributed by atoms with Gasteiger partial charge in [-0.15, -0.1) is 0 Å². The van der Waals surface area contributed by atoms with Gasteiger partial charge in [0.2, 0.25) is 5.91 Å². The van der Waals surface area contributed by atoms with Crippen LogP contribution in [0, 0.1) is 0 Å². The van der Waals surface area contributed by atoms with Gasteiger partial charge in [-0.05, 0) is 12.8 Å². The van der Waals surface area contributed by atoms with E-state index in [-0.39, 0.29) is 12.5 Å². The average molecular weight is 1110 g/mol. The Morgan fingerprint density at radius 3 is 0.910 bits per heavy atom. The van der Waals surface area contributed by atoms with Gasteiger partial charge in [-0.25, -0.2) is 0 Å². The van der Waals surface area contributed by atoms with Crippen LogP contribution in [0.2, 0.25) is 0 Å². The van der Waals surface area contributed by atoms with E-state index in [4.69, 9.17) is 9.47 Å². The van der Waals surface area contributed by atoms with Gasteiger partial charge in [-0.2, -0.15) is 0 Å². The number of amides is 1. The highest BCUT2D eigenvalue weighted by atomic mass is 16.7. The second kappa shape index (κ2) is 59.4. The van der Waals surface area contributed by atoms with Crippen LogP contribution in [0.5, 0.6) is 0 Å². The maximum absolute atomic E-state index is 13.1. The van der Waals surface area contributed by atoms with Crippen LogP contribution in [0.1, 0.15) is 380 Å². The van der Waals surface area contributed by atoms with Gasteiger partial charge in [0.1, 0.15) is 24.4 Å². The van der Waals surface area contributed by atoms with E-state index in [9.17, 15) is 30.3 Å². The summed E-state index contributed by atoms with van der Waals surface area (Å²) in [5.74, 6) is -0.133. The van der Waals surface area contributed by atoms with Crippen molar-refractivity contribution in [2.24, 2.45) is 0 Å². The quantitative estimate of drug-likeness (QED) is 0.0330. The lowest BCUT2D eigenvalue weighted by Gasteiger charge is -2.40. The number of hydrogen-bond donors (Lipinski definition) is 6. The van der Waals surface area contributed by atoms with Crippen LogP contribution in [-0.2, 0) is 14.3 Å². The molecule has 1 heterocycles. The van der Waals surface area contributed by atoms with E-state index in [1.54, 1.807) is 0 Å². The summed E-state index contributed by atoms with van der Waals surface area (Å²) >= 11 is 0. The summed E-state index contributed by atoms with van der Waals surface area (Å²) in [6.07, 6.45) is 67.5. The zero-order chi connectivity index (χ0) is 56.5. The van der Waals surface area contributed by atoms with Crippen molar-refractivity contribution >= 4 is 5.91 Å². The molecule has 7 unspecified atom stereocenters. The zero-order valence-electron chi connectivity index (χ0n) is 52.2. The first-order valence-electron chi connectivity index (χ1n) is 35.2. The Balaban J connectivity index is 2.09. The fraction of sp³-hybridized carbons (Fsp3) is 0.986. The van der Waals surface area contributed by atoms with Gasteiger partial charge >= 0.3 is 0 Å². The van der Waals surface area contributed by atoms with Gasteiger partial charge in [0.25, 0.3) is 0 Å². The number of aliphatic hydroxyl groups is 5. The van der Waals surface area contributed by atoms with Gasteiger partial charge in [-0.1, -0.05) is 361 Å². The third-order valence-corrected chi connectivity index (χ3v) is 17.5. The van der Waals surface area contributed by atoms with E-state index in [0.717, 1.165) is 38.5 Å². The van der Waals surface area contributed by atoms with Crippen LogP contribution in [0.3, 0.4) is 0 Å². The molecule has 7 atom stereocenters. The molecule has 9 nitrogen and oxygen atoms in total. The minimum absolute atomic E-state index is 0.130. The third kappa shape index (κ3) is 47.7. The Morgan fingerprint density at radius 2 is 0.641 bits per heavy atom. The van der Waals surface area contributed by atoms with Crippen LogP contribution >= 0.6 is 0 Å². The zero-order valence-corrected chi connectivity index (χ0v) is 52.2. The van der Waals surface area contributed by atoms with E-state index in [0.29, 0.717) is 12.8 Å². The largest absolute Gasteiger partial charge is 0.394 e. The lowest BCUT2D eigenvalue weighted by molar-refractivity contribution is -0.302. The van der Waals surface area contributed by atoms with Crippen LogP contribution in [0.15, 0.2) is 0 Å². The standard InChI is InChI=1S/C69H137NO8/c1-3-5-7-9-11-13-15-17-19-21-23-25-27-29-30-31-32-33-35-37-39-41-43-45-47-49-51-53-55-57-59-65(73)70-62(61-77-69-68(76)67(75)66(74)64(60-71)78-69)63(72)58-56-54-52-50-48-46-44-42-40-38-36-34-28-26-24-22-20-18-16-14-12-10-8-6-4-2/h62-64,66-69,71-72,74-76H,3-61H2,1-2H3,(H,70,73). The number of hydrogen-bond acceptors (Lipinski definition) is 8. The van der Waals surface area contributed by atoms with E-state index >= 15 is 0 Å². The molecule has 78 heavy (non-hydrogen) atoms. The van der Waals surface area contributed by atoms with Crippen molar-refractivity contribution in [1.82, 2.24) is 5.32 Å². The van der Waals surface area contributed by atoms with Crippen molar-refractivity contribution in [3.05, 3.63) is 0 Å². The Bertz CT molecular complexity index is 1190. The number of nitrogens with one attached hydrogen (secondary N) is 1. The molecule has 466 valence electrons. The normalized spacial score (nSPS) is 18.5. The lowest BCUT2D eigenvalue weighted by atomic mass is 9.99. The van der Waals surface area contributed by atoms with Crippen LogP contribution < -0.4 is 5.32 Å². The topological polar surface area (TPSA) is 149 Å². The summed E-state index contributed by atoms with van der Waals surface area (Å²) in [6.45, 7) is 3.91. The minimum Gasteiger partial charge on any atom is -0.394 e. The summed E-state index contributed by atoms with van der Waals surface area (Å²) in [4.78, 5) is 13.1. The summed E-state index contributed by atoms with van der Waals surface area (Å²) < 4.78 is 11.4. The predicted octanol–water partition coefficient (Wildman–Crippen LogP) is 18.9. The van der Waals surface area contributed by atoms with Crippen molar-refractivity contribution < 1.29 is 39.8 Å². The summed E-state index contributed by atoms with van der Waals surface area (Å²) in [5, 5.41) is 54.9. The van der Waals surface area contributed by atoms with Gasteiger partial charge < -0.3 is 40.3 Å². The van der Waals surface area contributed by atoms with Crippen LogP contribution in [0.25, 0.3) is 0 Å². The maximum Gasteiger partial charge on any atom is 0.220 e. The number of carbonyl (C=O) groups excluding carboxylic acids is 1. The molecule has 1 rings (SSSR count). The fourth-order valence-corrected chi connectivity index (χ4v) is 11.9. The molecule has 1 fully saturated rings. The van der Waals surface area contributed by atoms with Crippen molar-refractivity contribution in [3.8, 4) is 0 Å². The Labute approximate surface area is 484 Å². The fourth-order valence-electron chi connectivity index (χ4n) is 11.9. The first kappa shape index (κ1) is 75.2. The predicted molar refractivity (Wildman–Crippen MR) is 332 cm³/mol. The molecular weight excluding hydrogens is 971 g/mol. The first-order chi connectivity index (χ1) is 38.3. The molecule has 0 spiro atoms. The SMILES string of the molecule is CCCCCCCCCCCCCCCCCCCCCCCCCCCCCCCCC(=O)NC(COC1OC(CO)C(O)C(O)C1O)C(O)CCCCCCCCCCCCCCCCCCCCCCCCCCC. The van der Waals surface area contributed by atoms with Gasteiger partial charge in [0.15, 0.2) is 6.29 Å². The highest BCUT2D eigenvalue weighted by molar-refractivity contribution is 5.76. The van der Waals surface area contributed by atoms with Crippen molar-refractivity contribution in [2.75, 3.05) is 13.2 Å². The molecule has 6 N–H and O–H groups in total. The van der Waals surface area contributed by atoms with Crippen LogP contribution in [-0.4, -0.2) is 87.5 Å². The number of unbranched alkanes of at least 4 members (excludes halogenated alkanes) is 53. The van der Waals surface area contributed by atoms with E-state index in [1.165, 1.54) is 315 Å². The molecule has 0 aromatic rings. The number of rotatable bonds is 63. The third-order valence-electron chi connectivity index (χ3n) is 17.5. The Morgan fingerprint density at radius 1 is 0.385 bits per heavy atom. The van der Waals surface area contributed by atoms with Gasteiger partial charge in [-0.3, -0.25) is 4.79 Å². The summed E-state index contributed by atoms with van der Waals surface area (Å²) in [6, 6.07) is -0.715. The number of ether oxygens (including phenoxy) is 2. The van der Waals surface area contributed by atoms with E-state index < -0.39 is 49.5 Å².